The minimum absolute atomic E-state index is 0.335. The lowest BCUT2D eigenvalue weighted by Gasteiger charge is -2.23. The van der Waals surface area contributed by atoms with Crippen LogP contribution in [0.15, 0.2) is 17.0 Å². The fourth-order valence-corrected chi connectivity index (χ4v) is 3.80. The number of nitrogens with two attached hydrogens (primary N) is 1. The maximum absolute atomic E-state index is 12.6. The highest BCUT2D eigenvalue weighted by Crippen LogP contribution is 2.27. The standard InChI is InChI=1S/C14H24N2O2S/c1-6-10(2)9-16(5)19(17,18)14-11(3)7-8-13(15)12(14)4/h7-8,10H,6,9,15H2,1-5H3. The van der Waals surface area contributed by atoms with Gasteiger partial charge in [0, 0.05) is 19.3 Å². The number of nitrogens with zero attached hydrogens (tertiary/aromatic N) is 1. The third-order valence-corrected chi connectivity index (χ3v) is 5.69. The molecule has 108 valence electrons. The molecule has 5 heteroatoms. The first kappa shape index (κ1) is 16.0. The molecular weight excluding hydrogens is 260 g/mol. The van der Waals surface area contributed by atoms with Crippen molar-refractivity contribution >= 4 is 15.7 Å². The van der Waals surface area contributed by atoms with Crippen molar-refractivity contribution in [3.8, 4) is 0 Å². The van der Waals surface area contributed by atoms with E-state index in [4.69, 9.17) is 5.73 Å². The van der Waals surface area contributed by atoms with Gasteiger partial charge in [-0.1, -0.05) is 26.3 Å². The molecule has 1 aromatic rings. The predicted molar refractivity (Wildman–Crippen MR) is 79.6 cm³/mol. The largest absolute Gasteiger partial charge is 0.398 e. The number of hydrogen-bond acceptors (Lipinski definition) is 3. The molecule has 2 N–H and O–H groups in total. The van der Waals surface area contributed by atoms with Crippen LogP contribution >= 0.6 is 0 Å². The Morgan fingerprint density at radius 1 is 1.32 bits per heavy atom. The molecule has 0 amide bonds. The van der Waals surface area contributed by atoms with Gasteiger partial charge in [-0.25, -0.2) is 12.7 Å². The van der Waals surface area contributed by atoms with E-state index < -0.39 is 10.0 Å². The predicted octanol–water partition coefficient (Wildman–Crippen LogP) is 2.55. The van der Waals surface area contributed by atoms with Crippen LogP contribution in [0.5, 0.6) is 0 Å². The third kappa shape index (κ3) is 3.28. The van der Waals surface area contributed by atoms with E-state index in [2.05, 4.69) is 6.92 Å². The second kappa shape index (κ2) is 5.92. The first-order valence-corrected chi connectivity index (χ1v) is 7.97. The van der Waals surface area contributed by atoms with Gasteiger partial charge in [-0.15, -0.1) is 0 Å². The topological polar surface area (TPSA) is 63.4 Å². The molecule has 1 aromatic carbocycles. The first-order chi connectivity index (χ1) is 8.71. The van der Waals surface area contributed by atoms with Crippen molar-refractivity contribution in [1.29, 1.82) is 0 Å². The maximum Gasteiger partial charge on any atom is 0.243 e. The average Bonchev–Trinajstić information content (AvgIpc) is 2.33. The Kier molecular flexibility index (Phi) is 4.98. The van der Waals surface area contributed by atoms with E-state index in [9.17, 15) is 8.42 Å². The number of aryl methyl sites for hydroxylation is 1. The van der Waals surface area contributed by atoms with Crippen molar-refractivity contribution < 1.29 is 8.42 Å². The Morgan fingerprint density at radius 3 is 2.42 bits per heavy atom. The highest BCUT2D eigenvalue weighted by Gasteiger charge is 2.26. The lowest BCUT2D eigenvalue weighted by atomic mass is 10.1. The summed E-state index contributed by atoms with van der Waals surface area (Å²) >= 11 is 0. The minimum atomic E-state index is -3.47. The van der Waals surface area contributed by atoms with Gasteiger partial charge in [-0.2, -0.15) is 0 Å². The lowest BCUT2D eigenvalue weighted by molar-refractivity contribution is 0.393. The molecule has 0 spiro atoms. The van der Waals surface area contributed by atoms with Crippen LogP contribution in [-0.4, -0.2) is 26.3 Å². The van der Waals surface area contributed by atoms with Gasteiger partial charge in [-0.3, -0.25) is 0 Å². The average molecular weight is 284 g/mol. The number of hydrogen-bond donors (Lipinski definition) is 1. The summed E-state index contributed by atoms with van der Waals surface area (Å²) in [5.74, 6) is 0.335. The van der Waals surface area contributed by atoms with Gasteiger partial charge in [-0.05, 0) is 37.0 Å². The fourth-order valence-electron chi connectivity index (χ4n) is 2.06. The number of benzene rings is 1. The summed E-state index contributed by atoms with van der Waals surface area (Å²) in [5.41, 5.74) is 7.72. The Morgan fingerprint density at radius 2 is 1.89 bits per heavy atom. The summed E-state index contributed by atoms with van der Waals surface area (Å²) < 4.78 is 26.7. The molecule has 0 fully saturated rings. The van der Waals surface area contributed by atoms with E-state index in [-0.39, 0.29) is 0 Å². The van der Waals surface area contributed by atoms with Crippen LogP contribution in [0.2, 0.25) is 0 Å². The van der Waals surface area contributed by atoms with E-state index in [0.29, 0.717) is 28.6 Å². The van der Waals surface area contributed by atoms with Gasteiger partial charge < -0.3 is 5.73 Å². The lowest BCUT2D eigenvalue weighted by Crippen LogP contribution is -2.32. The molecule has 1 atom stereocenters. The maximum atomic E-state index is 12.6. The van der Waals surface area contributed by atoms with Crippen molar-refractivity contribution in [3.05, 3.63) is 23.3 Å². The summed E-state index contributed by atoms with van der Waals surface area (Å²) in [4.78, 5) is 0.346. The first-order valence-electron chi connectivity index (χ1n) is 6.53. The SMILES string of the molecule is CCC(C)CN(C)S(=O)(=O)c1c(C)ccc(N)c1C. The highest BCUT2D eigenvalue weighted by molar-refractivity contribution is 7.89. The molecule has 19 heavy (non-hydrogen) atoms. The van der Waals surface area contributed by atoms with Gasteiger partial charge in [0.1, 0.15) is 0 Å². The molecule has 0 saturated heterocycles. The van der Waals surface area contributed by atoms with Crippen molar-refractivity contribution in [2.45, 2.75) is 39.0 Å². The third-order valence-electron chi connectivity index (χ3n) is 3.58. The second-order valence-corrected chi connectivity index (χ2v) is 7.21. The number of nitrogen functional groups attached to an aromatic ring is 1. The Hall–Kier alpha value is -1.07. The van der Waals surface area contributed by atoms with E-state index in [0.717, 1.165) is 12.0 Å². The van der Waals surface area contributed by atoms with Crippen molar-refractivity contribution in [1.82, 2.24) is 4.31 Å². The van der Waals surface area contributed by atoms with Crippen molar-refractivity contribution in [3.63, 3.8) is 0 Å². The van der Waals surface area contributed by atoms with Crippen LogP contribution in [0.1, 0.15) is 31.4 Å². The monoisotopic (exact) mass is 284 g/mol. The van der Waals surface area contributed by atoms with Crippen LogP contribution in [0, 0.1) is 19.8 Å². The molecule has 0 aromatic heterocycles. The Bertz CT molecular complexity index is 553. The van der Waals surface area contributed by atoms with Gasteiger partial charge in [0.2, 0.25) is 10.0 Å². The van der Waals surface area contributed by atoms with Gasteiger partial charge in [0.25, 0.3) is 0 Å². The zero-order valence-corrected chi connectivity index (χ0v) is 13.2. The zero-order chi connectivity index (χ0) is 14.8. The smallest absolute Gasteiger partial charge is 0.243 e. The molecule has 0 bridgehead atoms. The minimum Gasteiger partial charge on any atom is -0.398 e. The highest BCUT2D eigenvalue weighted by atomic mass is 32.2. The molecule has 4 nitrogen and oxygen atoms in total. The quantitative estimate of drug-likeness (QED) is 0.845. The summed E-state index contributed by atoms with van der Waals surface area (Å²) in [6.07, 6.45) is 0.953. The molecule has 0 heterocycles. The summed E-state index contributed by atoms with van der Waals surface area (Å²) in [6.45, 7) is 8.18. The number of anilines is 1. The zero-order valence-electron chi connectivity index (χ0n) is 12.4. The normalized spacial score (nSPS) is 13.8. The van der Waals surface area contributed by atoms with Crippen LogP contribution in [0.3, 0.4) is 0 Å². The van der Waals surface area contributed by atoms with Crippen LogP contribution in [0.25, 0.3) is 0 Å². The van der Waals surface area contributed by atoms with E-state index in [1.165, 1.54) is 4.31 Å². The molecule has 0 radical (unpaired) electrons. The summed E-state index contributed by atoms with van der Waals surface area (Å²) in [5, 5.41) is 0. The summed E-state index contributed by atoms with van der Waals surface area (Å²) in [7, 11) is -1.85. The molecule has 1 unspecified atom stereocenters. The molecule has 0 aliphatic rings. The molecule has 0 aliphatic carbocycles. The number of sulfonamides is 1. The molecule has 1 rings (SSSR count). The van der Waals surface area contributed by atoms with Gasteiger partial charge in [0.05, 0.1) is 4.90 Å². The summed E-state index contributed by atoms with van der Waals surface area (Å²) in [6, 6.07) is 3.50. The number of rotatable bonds is 5. The van der Waals surface area contributed by atoms with Crippen molar-refractivity contribution in [2.75, 3.05) is 19.3 Å². The van der Waals surface area contributed by atoms with E-state index in [1.54, 1.807) is 33.0 Å². The Labute approximate surface area is 116 Å². The van der Waals surface area contributed by atoms with Crippen LogP contribution in [0.4, 0.5) is 5.69 Å². The second-order valence-electron chi connectivity index (χ2n) is 5.22. The molecule has 0 saturated carbocycles. The fraction of sp³-hybridized carbons (Fsp3) is 0.571. The van der Waals surface area contributed by atoms with Crippen molar-refractivity contribution in [2.24, 2.45) is 5.92 Å². The molecule has 0 aliphatic heterocycles. The van der Waals surface area contributed by atoms with Crippen LogP contribution in [-0.2, 0) is 10.0 Å². The Balaban J connectivity index is 3.24. The van der Waals surface area contributed by atoms with E-state index >= 15 is 0 Å². The molecular formula is C14H24N2O2S. The van der Waals surface area contributed by atoms with E-state index in [1.807, 2.05) is 6.92 Å². The van der Waals surface area contributed by atoms with Gasteiger partial charge in [0.15, 0.2) is 0 Å². The van der Waals surface area contributed by atoms with Crippen LogP contribution < -0.4 is 5.73 Å². The van der Waals surface area contributed by atoms with Gasteiger partial charge >= 0.3 is 0 Å².